The molecule has 0 aromatic heterocycles. The molecule has 0 amide bonds. The van der Waals surface area contributed by atoms with E-state index in [1.54, 1.807) is 0 Å². The topological polar surface area (TPSA) is 20.2 Å². The summed E-state index contributed by atoms with van der Waals surface area (Å²) in [5.41, 5.74) is 2.49. The van der Waals surface area contributed by atoms with Crippen LogP contribution in [0.5, 0.6) is 0 Å². The standard InChI is InChI=1S/C20H36O/c1-15(11-14-21)7-9-17-16(2)8-10-18-19(3,4)12-6-13-20(17,18)5/h15,17-18,21H,2,6-14H2,1,3-5H3. The highest BCUT2D eigenvalue weighted by molar-refractivity contribution is 5.15. The Morgan fingerprint density at radius 1 is 1.24 bits per heavy atom. The third-order valence-electron chi connectivity index (χ3n) is 6.89. The number of aliphatic hydroxyl groups is 1. The summed E-state index contributed by atoms with van der Waals surface area (Å²) in [7, 11) is 0. The second kappa shape index (κ2) is 6.44. The first-order valence-corrected chi connectivity index (χ1v) is 9.10. The molecule has 1 heteroatoms. The van der Waals surface area contributed by atoms with Crippen LogP contribution in [0.1, 0.15) is 79.1 Å². The summed E-state index contributed by atoms with van der Waals surface area (Å²) >= 11 is 0. The molecule has 1 N–H and O–H groups in total. The zero-order valence-corrected chi connectivity index (χ0v) is 14.8. The molecule has 2 fully saturated rings. The van der Waals surface area contributed by atoms with E-state index in [1.807, 2.05) is 0 Å². The molecule has 0 bridgehead atoms. The zero-order chi connectivity index (χ0) is 15.7. The van der Waals surface area contributed by atoms with E-state index in [1.165, 1.54) is 50.5 Å². The van der Waals surface area contributed by atoms with Crippen molar-refractivity contribution in [3.8, 4) is 0 Å². The van der Waals surface area contributed by atoms with Gasteiger partial charge in [0.2, 0.25) is 0 Å². The normalized spacial score (nSPS) is 37.1. The Kier molecular flexibility index (Phi) is 5.23. The van der Waals surface area contributed by atoms with Crippen molar-refractivity contribution in [2.45, 2.75) is 79.1 Å². The minimum Gasteiger partial charge on any atom is -0.396 e. The lowest BCUT2D eigenvalue weighted by Gasteiger charge is -2.58. The van der Waals surface area contributed by atoms with Crippen LogP contribution in [0, 0.1) is 28.6 Å². The lowest BCUT2D eigenvalue weighted by Crippen LogP contribution is -2.49. The quantitative estimate of drug-likeness (QED) is 0.655. The van der Waals surface area contributed by atoms with Gasteiger partial charge in [0.25, 0.3) is 0 Å². The smallest absolute Gasteiger partial charge is 0.0433 e. The van der Waals surface area contributed by atoms with E-state index in [9.17, 15) is 0 Å². The molecular weight excluding hydrogens is 256 g/mol. The molecule has 0 aliphatic heterocycles. The van der Waals surface area contributed by atoms with Crippen molar-refractivity contribution in [1.82, 2.24) is 0 Å². The first-order chi connectivity index (χ1) is 9.81. The maximum absolute atomic E-state index is 9.11. The molecule has 0 aromatic rings. The molecule has 0 heterocycles. The molecule has 1 nitrogen and oxygen atoms in total. The monoisotopic (exact) mass is 292 g/mol. The molecule has 2 saturated carbocycles. The maximum Gasteiger partial charge on any atom is 0.0433 e. The largest absolute Gasteiger partial charge is 0.396 e. The summed E-state index contributed by atoms with van der Waals surface area (Å²) in [4.78, 5) is 0. The second-order valence-corrected chi connectivity index (χ2v) is 8.84. The molecule has 122 valence electrons. The fraction of sp³-hybridized carbons (Fsp3) is 0.900. The first-order valence-electron chi connectivity index (χ1n) is 9.10. The molecular formula is C20H36O. The highest BCUT2D eigenvalue weighted by Crippen LogP contribution is 2.61. The van der Waals surface area contributed by atoms with Crippen LogP contribution in [0.2, 0.25) is 0 Å². The molecule has 4 atom stereocenters. The number of aliphatic hydroxyl groups excluding tert-OH is 1. The highest BCUT2D eigenvalue weighted by atomic mass is 16.3. The lowest BCUT2D eigenvalue weighted by atomic mass is 9.47. The van der Waals surface area contributed by atoms with Crippen molar-refractivity contribution in [3.63, 3.8) is 0 Å². The van der Waals surface area contributed by atoms with E-state index in [0.29, 0.717) is 29.3 Å². The lowest BCUT2D eigenvalue weighted by molar-refractivity contribution is -0.0553. The fourth-order valence-corrected chi connectivity index (χ4v) is 5.62. The van der Waals surface area contributed by atoms with Crippen LogP contribution in [0.3, 0.4) is 0 Å². The molecule has 2 aliphatic carbocycles. The minimum atomic E-state index is 0.333. The van der Waals surface area contributed by atoms with Gasteiger partial charge in [-0.3, -0.25) is 0 Å². The Balaban J connectivity index is 2.12. The van der Waals surface area contributed by atoms with Crippen LogP contribution in [-0.2, 0) is 0 Å². The number of hydrogen-bond donors (Lipinski definition) is 1. The van der Waals surface area contributed by atoms with Crippen molar-refractivity contribution in [2.75, 3.05) is 6.61 Å². The molecule has 21 heavy (non-hydrogen) atoms. The average Bonchev–Trinajstić information content (AvgIpc) is 2.37. The molecule has 2 rings (SSSR count). The van der Waals surface area contributed by atoms with Gasteiger partial charge in [0, 0.05) is 6.61 Å². The van der Waals surface area contributed by atoms with Gasteiger partial charge in [0.05, 0.1) is 0 Å². The average molecular weight is 293 g/mol. The molecule has 2 aliphatic rings. The molecule has 0 spiro atoms. The van der Waals surface area contributed by atoms with E-state index < -0.39 is 0 Å². The number of rotatable bonds is 5. The summed E-state index contributed by atoms with van der Waals surface area (Å²) in [5.74, 6) is 2.21. The van der Waals surface area contributed by atoms with E-state index in [0.717, 1.165) is 12.3 Å². The Bertz CT molecular complexity index is 370. The van der Waals surface area contributed by atoms with Crippen LogP contribution in [0.25, 0.3) is 0 Å². The van der Waals surface area contributed by atoms with Gasteiger partial charge in [0.15, 0.2) is 0 Å². The molecule has 0 saturated heterocycles. The Morgan fingerprint density at radius 2 is 1.95 bits per heavy atom. The van der Waals surface area contributed by atoms with E-state index >= 15 is 0 Å². The third-order valence-corrected chi connectivity index (χ3v) is 6.89. The maximum atomic E-state index is 9.11. The number of allylic oxidation sites excluding steroid dienone is 1. The van der Waals surface area contributed by atoms with Crippen molar-refractivity contribution in [2.24, 2.45) is 28.6 Å². The zero-order valence-electron chi connectivity index (χ0n) is 14.8. The third kappa shape index (κ3) is 3.38. The summed E-state index contributed by atoms with van der Waals surface area (Å²) in [6.07, 6.45) is 10.2. The van der Waals surface area contributed by atoms with Crippen LogP contribution < -0.4 is 0 Å². The first kappa shape index (κ1) is 17.1. The number of fused-ring (bicyclic) bond motifs is 1. The van der Waals surface area contributed by atoms with Crippen molar-refractivity contribution < 1.29 is 5.11 Å². The SMILES string of the molecule is C=C1CCC2C(C)(C)CCCC2(C)C1CCC(C)CCO. The van der Waals surface area contributed by atoms with Crippen LogP contribution >= 0.6 is 0 Å². The Labute approximate surface area is 132 Å². The second-order valence-electron chi connectivity index (χ2n) is 8.84. The summed E-state index contributed by atoms with van der Waals surface area (Å²) < 4.78 is 0. The predicted molar refractivity (Wildman–Crippen MR) is 91.2 cm³/mol. The van der Waals surface area contributed by atoms with Gasteiger partial charge >= 0.3 is 0 Å². The van der Waals surface area contributed by atoms with Crippen LogP contribution in [0.4, 0.5) is 0 Å². The van der Waals surface area contributed by atoms with Crippen LogP contribution in [0.15, 0.2) is 12.2 Å². The summed E-state index contributed by atoms with van der Waals surface area (Å²) in [5, 5.41) is 9.11. The van der Waals surface area contributed by atoms with Crippen molar-refractivity contribution in [3.05, 3.63) is 12.2 Å². The van der Waals surface area contributed by atoms with Gasteiger partial charge in [-0.2, -0.15) is 0 Å². The van der Waals surface area contributed by atoms with Gasteiger partial charge in [-0.05, 0) is 67.1 Å². The Morgan fingerprint density at radius 3 is 2.62 bits per heavy atom. The van der Waals surface area contributed by atoms with E-state index in [2.05, 4.69) is 34.3 Å². The fourth-order valence-electron chi connectivity index (χ4n) is 5.62. The summed E-state index contributed by atoms with van der Waals surface area (Å²) in [6, 6.07) is 0. The molecule has 4 unspecified atom stereocenters. The summed E-state index contributed by atoms with van der Waals surface area (Å²) in [6.45, 7) is 14.6. The van der Waals surface area contributed by atoms with Crippen molar-refractivity contribution in [1.29, 1.82) is 0 Å². The van der Waals surface area contributed by atoms with Gasteiger partial charge in [-0.15, -0.1) is 0 Å². The van der Waals surface area contributed by atoms with E-state index in [4.69, 9.17) is 5.11 Å². The van der Waals surface area contributed by atoms with Gasteiger partial charge in [-0.1, -0.05) is 52.7 Å². The predicted octanol–water partition coefficient (Wildman–Crippen LogP) is 5.58. The molecule has 0 aromatic carbocycles. The Hall–Kier alpha value is -0.300. The minimum absolute atomic E-state index is 0.333. The van der Waals surface area contributed by atoms with Gasteiger partial charge < -0.3 is 5.11 Å². The van der Waals surface area contributed by atoms with Gasteiger partial charge in [0.1, 0.15) is 0 Å². The van der Waals surface area contributed by atoms with E-state index in [-0.39, 0.29) is 0 Å². The highest BCUT2D eigenvalue weighted by Gasteiger charge is 2.52. The van der Waals surface area contributed by atoms with Crippen LogP contribution in [-0.4, -0.2) is 11.7 Å². The van der Waals surface area contributed by atoms with Crippen molar-refractivity contribution >= 4 is 0 Å². The molecule has 0 radical (unpaired) electrons. The van der Waals surface area contributed by atoms with Gasteiger partial charge in [-0.25, -0.2) is 0 Å². The number of hydrogen-bond acceptors (Lipinski definition) is 1.